The van der Waals surface area contributed by atoms with E-state index in [9.17, 15) is 10.1 Å². The Balaban J connectivity index is 1.69. The second-order valence-electron chi connectivity index (χ2n) is 7.22. The fourth-order valence-corrected chi connectivity index (χ4v) is 3.60. The number of pyridine rings is 1. The highest BCUT2D eigenvalue weighted by atomic mass is 35.5. The predicted molar refractivity (Wildman–Crippen MR) is 127 cm³/mol. The van der Waals surface area contributed by atoms with Crippen LogP contribution >= 0.6 is 11.6 Å². The third-order valence-corrected chi connectivity index (χ3v) is 5.29. The van der Waals surface area contributed by atoms with E-state index in [2.05, 4.69) is 6.07 Å². The number of rotatable bonds is 6. The zero-order valence-corrected chi connectivity index (χ0v) is 18.5. The van der Waals surface area contributed by atoms with E-state index in [0.29, 0.717) is 27.7 Å². The number of methoxy groups -OCH3 is 1. The summed E-state index contributed by atoms with van der Waals surface area (Å²) in [5.41, 5.74) is 3.69. The first-order valence-electron chi connectivity index (χ1n) is 10.2. The normalized spacial score (nSPS) is 10.3. The van der Waals surface area contributed by atoms with Gasteiger partial charge in [-0.25, -0.2) is 4.98 Å². The molecule has 0 aliphatic rings. The van der Waals surface area contributed by atoms with Gasteiger partial charge in [-0.3, -0.25) is 4.79 Å². The van der Waals surface area contributed by atoms with Gasteiger partial charge in [-0.1, -0.05) is 48.0 Å². The monoisotopic (exact) mass is 454 g/mol. The molecule has 6 heteroatoms. The molecular formula is C27H19ClN2O3. The summed E-state index contributed by atoms with van der Waals surface area (Å²) < 4.78 is 10.6. The molecule has 0 unspecified atom stereocenters. The number of nitrogens with zero attached hydrogens (tertiary/aromatic N) is 2. The van der Waals surface area contributed by atoms with Crippen LogP contribution < -0.4 is 4.74 Å². The maximum Gasteiger partial charge on any atom is 0.309 e. The molecule has 1 heterocycles. The number of benzene rings is 3. The van der Waals surface area contributed by atoms with Crippen LogP contribution in [0, 0.1) is 11.3 Å². The molecule has 0 bridgehead atoms. The van der Waals surface area contributed by atoms with Crippen LogP contribution in [-0.2, 0) is 16.0 Å². The number of hydrogen-bond acceptors (Lipinski definition) is 5. The fourth-order valence-electron chi connectivity index (χ4n) is 3.36. The molecule has 162 valence electrons. The van der Waals surface area contributed by atoms with Gasteiger partial charge in [-0.2, -0.15) is 5.26 Å². The Bertz CT molecular complexity index is 1330. The molecule has 33 heavy (non-hydrogen) atoms. The van der Waals surface area contributed by atoms with Crippen molar-refractivity contribution >= 4 is 17.6 Å². The van der Waals surface area contributed by atoms with E-state index >= 15 is 0 Å². The highest BCUT2D eigenvalue weighted by Gasteiger charge is 2.15. The van der Waals surface area contributed by atoms with Crippen LogP contribution in [-0.4, -0.2) is 18.1 Å². The fraction of sp³-hybridized carbons (Fsp3) is 0.0741. The molecule has 3 aromatic carbocycles. The van der Waals surface area contributed by atoms with Crippen LogP contribution in [0.1, 0.15) is 11.1 Å². The van der Waals surface area contributed by atoms with E-state index in [0.717, 1.165) is 22.4 Å². The van der Waals surface area contributed by atoms with Gasteiger partial charge in [0.2, 0.25) is 0 Å². The molecule has 0 saturated heterocycles. The summed E-state index contributed by atoms with van der Waals surface area (Å²) >= 11 is 6.46. The summed E-state index contributed by atoms with van der Waals surface area (Å²) in [6, 6.07) is 28.1. The molecule has 4 aromatic rings. The van der Waals surface area contributed by atoms with Crippen molar-refractivity contribution in [2.45, 2.75) is 6.42 Å². The van der Waals surface area contributed by atoms with Crippen LogP contribution in [0.2, 0.25) is 5.02 Å². The minimum Gasteiger partial charge on any atom is -0.469 e. The summed E-state index contributed by atoms with van der Waals surface area (Å²) in [5.74, 6) is 1.08. The third-order valence-electron chi connectivity index (χ3n) is 4.99. The molecule has 0 fully saturated rings. The van der Waals surface area contributed by atoms with Crippen LogP contribution in [0.25, 0.3) is 22.5 Å². The lowest BCUT2D eigenvalue weighted by Crippen LogP contribution is -2.04. The maximum atomic E-state index is 11.6. The predicted octanol–water partition coefficient (Wildman–Crippen LogP) is 6.45. The van der Waals surface area contributed by atoms with Crippen molar-refractivity contribution in [2.24, 2.45) is 0 Å². The summed E-state index contributed by atoms with van der Waals surface area (Å²) in [6.07, 6.45) is 0.157. The zero-order valence-electron chi connectivity index (χ0n) is 17.8. The van der Waals surface area contributed by atoms with Crippen molar-refractivity contribution in [2.75, 3.05) is 7.11 Å². The minimum absolute atomic E-state index is 0.157. The molecule has 0 aliphatic carbocycles. The average molecular weight is 455 g/mol. The standard InChI is InChI=1S/C27H19ClN2O3/c1-32-26(31)15-18-6-5-7-20(14-18)25-16-24(28)23(17-29)27(30-25)19-10-12-22(13-11-19)33-21-8-3-2-4-9-21/h2-14,16H,15H2,1H3. The highest BCUT2D eigenvalue weighted by Crippen LogP contribution is 2.33. The molecule has 0 radical (unpaired) electrons. The van der Waals surface area contributed by atoms with Crippen LogP contribution in [0.5, 0.6) is 11.5 Å². The quantitative estimate of drug-likeness (QED) is 0.313. The van der Waals surface area contributed by atoms with Gasteiger partial charge in [0.25, 0.3) is 0 Å². The van der Waals surface area contributed by atoms with Gasteiger partial charge in [-0.15, -0.1) is 0 Å². The van der Waals surface area contributed by atoms with E-state index in [1.165, 1.54) is 7.11 Å². The first-order chi connectivity index (χ1) is 16.1. The number of para-hydroxylation sites is 1. The van der Waals surface area contributed by atoms with Crippen LogP contribution in [0.15, 0.2) is 84.9 Å². The smallest absolute Gasteiger partial charge is 0.309 e. The van der Waals surface area contributed by atoms with Gasteiger partial charge in [0.05, 0.1) is 35.5 Å². The van der Waals surface area contributed by atoms with Crippen molar-refractivity contribution in [3.8, 4) is 40.1 Å². The summed E-state index contributed by atoms with van der Waals surface area (Å²) in [4.78, 5) is 16.4. The highest BCUT2D eigenvalue weighted by molar-refractivity contribution is 6.32. The topological polar surface area (TPSA) is 72.2 Å². The van der Waals surface area contributed by atoms with Crippen molar-refractivity contribution in [3.63, 3.8) is 0 Å². The Morgan fingerprint density at radius 2 is 1.67 bits per heavy atom. The number of aromatic nitrogens is 1. The molecule has 0 N–H and O–H groups in total. The number of nitriles is 1. The van der Waals surface area contributed by atoms with E-state index in [-0.39, 0.29) is 12.4 Å². The van der Waals surface area contributed by atoms with E-state index in [1.54, 1.807) is 6.07 Å². The van der Waals surface area contributed by atoms with Gasteiger partial charge in [0, 0.05) is 11.1 Å². The molecule has 0 spiro atoms. The van der Waals surface area contributed by atoms with E-state index < -0.39 is 0 Å². The number of esters is 1. The first kappa shape index (κ1) is 22.1. The third kappa shape index (κ3) is 5.20. The minimum atomic E-state index is -0.323. The second kappa shape index (κ2) is 9.99. The molecule has 0 amide bonds. The zero-order chi connectivity index (χ0) is 23.2. The lowest BCUT2D eigenvalue weighted by Gasteiger charge is -2.11. The van der Waals surface area contributed by atoms with E-state index in [1.807, 2.05) is 78.9 Å². The molecular weight excluding hydrogens is 436 g/mol. The Labute approximate surface area is 196 Å². The van der Waals surface area contributed by atoms with Crippen molar-refractivity contribution in [3.05, 3.63) is 101 Å². The van der Waals surface area contributed by atoms with Crippen LogP contribution in [0.4, 0.5) is 0 Å². The molecule has 4 rings (SSSR count). The van der Waals surface area contributed by atoms with Crippen LogP contribution in [0.3, 0.4) is 0 Å². The lowest BCUT2D eigenvalue weighted by atomic mass is 10.0. The Hall–Kier alpha value is -4.14. The molecule has 1 aromatic heterocycles. The molecule has 5 nitrogen and oxygen atoms in total. The Morgan fingerprint density at radius 1 is 0.939 bits per heavy atom. The average Bonchev–Trinajstić information content (AvgIpc) is 2.85. The van der Waals surface area contributed by atoms with Gasteiger partial charge in [0.15, 0.2) is 0 Å². The van der Waals surface area contributed by atoms with Gasteiger partial charge >= 0.3 is 5.97 Å². The van der Waals surface area contributed by atoms with Gasteiger partial charge in [-0.05, 0) is 54.1 Å². The summed E-state index contributed by atoms with van der Waals surface area (Å²) in [7, 11) is 1.36. The largest absolute Gasteiger partial charge is 0.469 e. The number of hydrogen-bond donors (Lipinski definition) is 0. The van der Waals surface area contributed by atoms with Crippen molar-refractivity contribution in [1.29, 1.82) is 5.26 Å². The Kier molecular flexibility index (Phi) is 6.68. The molecule has 0 saturated carbocycles. The SMILES string of the molecule is COC(=O)Cc1cccc(-c2cc(Cl)c(C#N)c(-c3ccc(Oc4ccccc4)cc3)n2)c1. The summed E-state index contributed by atoms with van der Waals surface area (Å²) in [6.45, 7) is 0. The molecule has 0 aliphatic heterocycles. The van der Waals surface area contributed by atoms with Crippen molar-refractivity contribution in [1.82, 2.24) is 4.98 Å². The van der Waals surface area contributed by atoms with Crippen molar-refractivity contribution < 1.29 is 14.3 Å². The maximum absolute atomic E-state index is 11.6. The van der Waals surface area contributed by atoms with Gasteiger partial charge < -0.3 is 9.47 Å². The first-order valence-corrected chi connectivity index (χ1v) is 10.6. The van der Waals surface area contributed by atoms with Gasteiger partial charge in [0.1, 0.15) is 17.6 Å². The number of carbonyl (C=O) groups excluding carboxylic acids is 1. The molecule has 0 atom stereocenters. The number of carbonyl (C=O) groups is 1. The number of ether oxygens (including phenoxy) is 2. The lowest BCUT2D eigenvalue weighted by molar-refractivity contribution is -0.139. The van der Waals surface area contributed by atoms with E-state index in [4.69, 9.17) is 26.1 Å². The number of halogens is 1. The summed E-state index contributed by atoms with van der Waals surface area (Å²) in [5, 5.41) is 10.00. The second-order valence-corrected chi connectivity index (χ2v) is 7.62. The Morgan fingerprint density at radius 3 is 2.36 bits per heavy atom.